The third-order valence-electron chi connectivity index (χ3n) is 2.06. The molecule has 17 heavy (non-hydrogen) atoms. The Hall–Kier alpha value is -1.30. The van der Waals surface area contributed by atoms with Crippen LogP contribution in [0.15, 0.2) is 0 Å². The Balaban J connectivity index is 4.25. The zero-order valence-corrected chi connectivity index (χ0v) is 10.5. The van der Waals surface area contributed by atoms with Gasteiger partial charge in [0.2, 0.25) is 5.91 Å². The monoisotopic (exact) mass is 265 g/mol. The van der Waals surface area contributed by atoms with E-state index in [0.717, 1.165) is 0 Å². The highest BCUT2D eigenvalue weighted by atomic mass is 35.5. The third kappa shape index (κ3) is 7.57. The largest absolute Gasteiger partial charge is 0.481 e. The zero-order chi connectivity index (χ0) is 13.6. The van der Waals surface area contributed by atoms with Crippen molar-refractivity contribution in [2.45, 2.75) is 44.0 Å². The van der Waals surface area contributed by atoms with E-state index >= 15 is 0 Å². The molecular weight excluding hydrogens is 250 g/mol. The number of hydrogen-bond acceptors (Lipinski definition) is 3. The molecule has 0 aliphatic carbocycles. The molecule has 0 rings (SSSR count). The number of carbonyl (C=O) groups excluding carboxylic acids is 1. The Morgan fingerprint density at radius 2 is 1.76 bits per heavy atom. The molecule has 6 nitrogen and oxygen atoms in total. The molecule has 1 unspecified atom stereocenters. The van der Waals surface area contributed by atoms with Gasteiger partial charge in [-0.25, -0.2) is 0 Å². The lowest BCUT2D eigenvalue weighted by Gasteiger charge is -2.26. The van der Waals surface area contributed by atoms with Gasteiger partial charge in [-0.2, -0.15) is 0 Å². The minimum Gasteiger partial charge on any atom is -0.481 e. The van der Waals surface area contributed by atoms with Gasteiger partial charge in [-0.15, -0.1) is 11.6 Å². The van der Waals surface area contributed by atoms with E-state index in [1.807, 2.05) is 0 Å². The van der Waals surface area contributed by atoms with Crippen molar-refractivity contribution in [3.8, 4) is 0 Å². The van der Waals surface area contributed by atoms with E-state index in [9.17, 15) is 14.4 Å². The van der Waals surface area contributed by atoms with E-state index in [0.29, 0.717) is 0 Å². The molecule has 0 aliphatic rings. The summed E-state index contributed by atoms with van der Waals surface area (Å²) in [4.78, 5) is 32.2. The van der Waals surface area contributed by atoms with Crippen LogP contribution in [0, 0.1) is 0 Å². The number of alkyl halides is 1. The first kappa shape index (κ1) is 15.7. The molecule has 0 spiro atoms. The molecule has 0 bridgehead atoms. The first-order valence-corrected chi connectivity index (χ1v) is 5.47. The summed E-state index contributed by atoms with van der Waals surface area (Å²) in [5, 5.41) is 18.4. The maximum atomic E-state index is 11.5. The molecule has 0 saturated carbocycles. The summed E-state index contributed by atoms with van der Waals surface area (Å²) in [6.07, 6.45) is -0.313. The lowest BCUT2D eigenvalue weighted by atomic mass is 9.98. The SMILES string of the molecule is CC(C)(CCC(=O)O)NC(=O)C(Cl)CC(=O)O. The van der Waals surface area contributed by atoms with Crippen LogP contribution in [0.2, 0.25) is 0 Å². The van der Waals surface area contributed by atoms with Crippen molar-refractivity contribution < 1.29 is 24.6 Å². The van der Waals surface area contributed by atoms with Crippen molar-refractivity contribution in [1.82, 2.24) is 5.32 Å². The molecule has 3 N–H and O–H groups in total. The molecule has 7 heteroatoms. The zero-order valence-electron chi connectivity index (χ0n) is 9.70. The van der Waals surface area contributed by atoms with Gasteiger partial charge in [0.25, 0.3) is 0 Å². The molecule has 1 amide bonds. The fourth-order valence-electron chi connectivity index (χ4n) is 1.14. The third-order valence-corrected chi connectivity index (χ3v) is 2.42. The summed E-state index contributed by atoms with van der Waals surface area (Å²) >= 11 is 5.59. The van der Waals surface area contributed by atoms with Crippen molar-refractivity contribution in [3.63, 3.8) is 0 Å². The number of rotatable bonds is 7. The maximum Gasteiger partial charge on any atom is 0.305 e. The molecule has 98 valence electrons. The van der Waals surface area contributed by atoms with E-state index in [1.54, 1.807) is 13.8 Å². The number of halogens is 1. The molecule has 1 atom stereocenters. The molecule has 0 aromatic rings. The first-order chi connectivity index (χ1) is 7.64. The normalized spacial score (nSPS) is 12.9. The van der Waals surface area contributed by atoms with Crippen LogP contribution in [0.4, 0.5) is 0 Å². The van der Waals surface area contributed by atoms with E-state index in [4.69, 9.17) is 21.8 Å². The van der Waals surface area contributed by atoms with Crippen LogP contribution >= 0.6 is 11.6 Å². The summed E-state index contributed by atoms with van der Waals surface area (Å²) in [5.74, 6) is -2.73. The van der Waals surface area contributed by atoms with Crippen LogP contribution in [-0.4, -0.2) is 39.0 Å². The first-order valence-electron chi connectivity index (χ1n) is 5.04. The molecule has 0 aliphatic heterocycles. The van der Waals surface area contributed by atoms with Crippen LogP contribution in [0.1, 0.15) is 33.1 Å². The van der Waals surface area contributed by atoms with E-state index in [-0.39, 0.29) is 12.8 Å². The number of carboxylic acids is 2. The average Bonchev–Trinajstić information content (AvgIpc) is 2.13. The molecule has 0 aromatic carbocycles. The maximum absolute atomic E-state index is 11.5. The Bertz CT molecular complexity index is 316. The van der Waals surface area contributed by atoms with Crippen LogP contribution in [0.25, 0.3) is 0 Å². The number of carbonyl (C=O) groups is 3. The molecular formula is C10H16ClNO5. The van der Waals surface area contributed by atoms with Crippen LogP contribution in [0.5, 0.6) is 0 Å². The molecule has 0 fully saturated rings. The summed E-state index contributed by atoms with van der Waals surface area (Å²) < 4.78 is 0. The van der Waals surface area contributed by atoms with Crippen LogP contribution in [-0.2, 0) is 14.4 Å². The molecule has 0 radical (unpaired) electrons. The predicted molar refractivity (Wildman–Crippen MR) is 61.0 cm³/mol. The second-order valence-corrected chi connectivity index (χ2v) is 4.86. The number of hydrogen-bond donors (Lipinski definition) is 3. The fraction of sp³-hybridized carbons (Fsp3) is 0.700. The Morgan fingerprint density at radius 1 is 1.24 bits per heavy atom. The highest BCUT2D eigenvalue weighted by Crippen LogP contribution is 2.13. The van der Waals surface area contributed by atoms with E-state index < -0.39 is 35.2 Å². The number of amides is 1. The highest BCUT2D eigenvalue weighted by Gasteiger charge is 2.26. The second-order valence-electron chi connectivity index (χ2n) is 4.33. The summed E-state index contributed by atoms with van der Waals surface area (Å²) in [5.41, 5.74) is -0.735. The molecule has 0 aromatic heterocycles. The standard InChI is InChI=1S/C10H16ClNO5/c1-10(2,4-3-7(13)14)12-9(17)6(11)5-8(15)16/h6H,3-5H2,1-2H3,(H,12,17)(H,13,14)(H,15,16). The minimum atomic E-state index is -1.16. The van der Waals surface area contributed by atoms with Gasteiger partial charge in [0.1, 0.15) is 5.38 Å². The summed E-state index contributed by atoms with van der Waals surface area (Å²) in [7, 11) is 0. The smallest absolute Gasteiger partial charge is 0.305 e. The summed E-state index contributed by atoms with van der Waals surface area (Å²) in [6, 6.07) is 0. The van der Waals surface area contributed by atoms with E-state index in [2.05, 4.69) is 5.32 Å². The quantitative estimate of drug-likeness (QED) is 0.592. The minimum absolute atomic E-state index is 0.0842. The number of carboxylic acid groups (broad SMARTS) is 2. The van der Waals surface area contributed by atoms with Gasteiger partial charge in [0.05, 0.1) is 6.42 Å². The Labute approximate surface area is 104 Å². The topological polar surface area (TPSA) is 104 Å². The van der Waals surface area contributed by atoms with E-state index in [1.165, 1.54) is 0 Å². The van der Waals surface area contributed by atoms with Gasteiger partial charge in [-0.05, 0) is 20.3 Å². The lowest BCUT2D eigenvalue weighted by Crippen LogP contribution is -2.47. The molecule has 0 saturated heterocycles. The van der Waals surface area contributed by atoms with Gasteiger partial charge < -0.3 is 15.5 Å². The van der Waals surface area contributed by atoms with Gasteiger partial charge in [-0.1, -0.05) is 0 Å². The molecule has 0 heterocycles. The average molecular weight is 266 g/mol. The van der Waals surface area contributed by atoms with Crippen molar-refractivity contribution >= 4 is 29.4 Å². The van der Waals surface area contributed by atoms with Gasteiger partial charge in [-0.3, -0.25) is 14.4 Å². The number of nitrogens with one attached hydrogen (secondary N) is 1. The second kappa shape index (κ2) is 6.44. The van der Waals surface area contributed by atoms with Gasteiger partial charge >= 0.3 is 11.9 Å². The highest BCUT2D eigenvalue weighted by molar-refractivity contribution is 6.31. The predicted octanol–water partition coefficient (Wildman–Crippen LogP) is 0.828. The van der Waals surface area contributed by atoms with Crippen molar-refractivity contribution in [3.05, 3.63) is 0 Å². The summed E-state index contributed by atoms with van der Waals surface area (Å²) in [6.45, 7) is 3.30. The lowest BCUT2D eigenvalue weighted by molar-refractivity contribution is -0.138. The Kier molecular flexibility index (Phi) is 5.95. The van der Waals surface area contributed by atoms with Crippen LogP contribution < -0.4 is 5.32 Å². The fourth-order valence-corrected chi connectivity index (χ4v) is 1.33. The number of aliphatic carboxylic acids is 2. The van der Waals surface area contributed by atoms with Gasteiger partial charge in [0.15, 0.2) is 0 Å². The van der Waals surface area contributed by atoms with Gasteiger partial charge in [0, 0.05) is 12.0 Å². The van der Waals surface area contributed by atoms with Crippen molar-refractivity contribution in [2.24, 2.45) is 0 Å². The Morgan fingerprint density at radius 3 is 2.18 bits per heavy atom. The van der Waals surface area contributed by atoms with Crippen molar-refractivity contribution in [2.75, 3.05) is 0 Å². The van der Waals surface area contributed by atoms with Crippen LogP contribution in [0.3, 0.4) is 0 Å². The van der Waals surface area contributed by atoms with Crippen molar-refractivity contribution in [1.29, 1.82) is 0 Å².